The molecule has 0 aromatic heterocycles. The van der Waals surface area contributed by atoms with Crippen LogP contribution in [0.2, 0.25) is 0 Å². The van der Waals surface area contributed by atoms with Gasteiger partial charge < -0.3 is 15.0 Å². The SMILES string of the molecule is CCNC(=NCCC1CCCO1)N1CCC(c2ccccc2)C1. The highest BCUT2D eigenvalue weighted by molar-refractivity contribution is 5.80. The smallest absolute Gasteiger partial charge is 0.193 e. The molecule has 2 atom stereocenters. The Labute approximate surface area is 139 Å². The Morgan fingerprint density at radius 3 is 2.91 bits per heavy atom. The van der Waals surface area contributed by atoms with Gasteiger partial charge in [-0.2, -0.15) is 0 Å². The van der Waals surface area contributed by atoms with Gasteiger partial charge in [-0.3, -0.25) is 4.99 Å². The molecule has 0 spiro atoms. The number of hydrogen-bond donors (Lipinski definition) is 1. The Kier molecular flexibility index (Phi) is 5.92. The first-order valence-corrected chi connectivity index (χ1v) is 9.06. The van der Waals surface area contributed by atoms with Gasteiger partial charge in [-0.1, -0.05) is 30.3 Å². The van der Waals surface area contributed by atoms with Crippen molar-refractivity contribution in [2.24, 2.45) is 4.99 Å². The van der Waals surface area contributed by atoms with Crippen LogP contribution in [0.1, 0.15) is 44.1 Å². The third-order valence-corrected chi connectivity index (χ3v) is 4.83. The summed E-state index contributed by atoms with van der Waals surface area (Å²) in [6, 6.07) is 10.9. The van der Waals surface area contributed by atoms with Crippen LogP contribution in [0.3, 0.4) is 0 Å². The molecule has 126 valence electrons. The molecule has 0 aliphatic carbocycles. The van der Waals surface area contributed by atoms with Crippen molar-refractivity contribution >= 4 is 5.96 Å². The number of hydrogen-bond acceptors (Lipinski definition) is 2. The highest BCUT2D eigenvalue weighted by Gasteiger charge is 2.26. The van der Waals surface area contributed by atoms with Crippen molar-refractivity contribution in [3.05, 3.63) is 35.9 Å². The van der Waals surface area contributed by atoms with Crippen LogP contribution in [0.5, 0.6) is 0 Å². The Bertz CT molecular complexity index is 497. The first-order chi connectivity index (χ1) is 11.4. The Hall–Kier alpha value is -1.55. The van der Waals surface area contributed by atoms with E-state index in [9.17, 15) is 0 Å². The maximum atomic E-state index is 5.69. The maximum absolute atomic E-state index is 5.69. The van der Waals surface area contributed by atoms with Crippen molar-refractivity contribution in [2.45, 2.75) is 44.6 Å². The number of aliphatic imine (C=N–C) groups is 1. The fraction of sp³-hybridized carbons (Fsp3) is 0.632. The summed E-state index contributed by atoms with van der Waals surface area (Å²) < 4.78 is 5.69. The van der Waals surface area contributed by atoms with Gasteiger partial charge in [0.1, 0.15) is 0 Å². The summed E-state index contributed by atoms with van der Waals surface area (Å²) >= 11 is 0. The third kappa shape index (κ3) is 4.47. The first-order valence-electron chi connectivity index (χ1n) is 9.06. The second-order valence-electron chi connectivity index (χ2n) is 6.50. The summed E-state index contributed by atoms with van der Waals surface area (Å²) in [5.41, 5.74) is 1.45. The molecule has 2 heterocycles. The van der Waals surface area contributed by atoms with Crippen LogP contribution in [-0.4, -0.2) is 49.7 Å². The molecule has 23 heavy (non-hydrogen) atoms. The molecule has 4 nitrogen and oxygen atoms in total. The lowest BCUT2D eigenvalue weighted by atomic mass is 9.99. The van der Waals surface area contributed by atoms with Crippen molar-refractivity contribution < 1.29 is 4.74 Å². The van der Waals surface area contributed by atoms with Crippen molar-refractivity contribution in [2.75, 3.05) is 32.8 Å². The molecule has 2 aliphatic heterocycles. The van der Waals surface area contributed by atoms with E-state index in [1.807, 2.05) is 0 Å². The van der Waals surface area contributed by atoms with Crippen LogP contribution in [0.15, 0.2) is 35.3 Å². The topological polar surface area (TPSA) is 36.9 Å². The van der Waals surface area contributed by atoms with E-state index in [-0.39, 0.29) is 0 Å². The minimum absolute atomic E-state index is 0.428. The van der Waals surface area contributed by atoms with E-state index >= 15 is 0 Å². The first kappa shape index (κ1) is 16.3. The number of benzene rings is 1. The van der Waals surface area contributed by atoms with Gasteiger partial charge in [0.15, 0.2) is 5.96 Å². The average molecular weight is 315 g/mol. The zero-order valence-electron chi connectivity index (χ0n) is 14.2. The molecule has 1 aromatic rings. The Morgan fingerprint density at radius 2 is 2.17 bits per heavy atom. The number of nitrogens with zero attached hydrogens (tertiary/aromatic N) is 2. The summed E-state index contributed by atoms with van der Waals surface area (Å²) in [6.45, 7) is 7.01. The number of rotatable bonds is 5. The van der Waals surface area contributed by atoms with Gasteiger partial charge in [0.2, 0.25) is 0 Å². The van der Waals surface area contributed by atoms with E-state index in [0.717, 1.165) is 45.2 Å². The largest absolute Gasteiger partial charge is 0.378 e. The fourth-order valence-electron chi connectivity index (χ4n) is 3.56. The lowest BCUT2D eigenvalue weighted by Crippen LogP contribution is -2.40. The van der Waals surface area contributed by atoms with Gasteiger partial charge in [-0.05, 0) is 38.2 Å². The van der Waals surface area contributed by atoms with E-state index in [1.165, 1.54) is 24.8 Å². The fourth-order valence-corrected chi connectivity index (χ4v) is 3.56. The van der Waals surface area contributed by atoms with Gasteiger partial charge in [0.05, 0.1) is 6.10 Å². The predicted octanol–water partition coefficient (Wildman–Crippen LogP) is 3.01. The minimum atomic E-state index is 0.428. The van der Waals surface area contributed by atoms with Gasteiger partial charge in [-0.25, -0.2) is 0 Å². The molecular weight excluding hydrogens is 286 g/mol. The molecule has 3 rings (SSSR count). The second-order valence-corrected chi connectivity index (χ2v) is 6.50. The van der Waals surface area contributed by atoms with Crippen molar-refractivity contribution in [3.63, 3.8) is 0 Å². The highest BCUT2D eigenvalue weighted by atomic mass is 16.5. The number of guanidine groups is 1. The van der Waals surface area contributed by atoms with Gasteiger partial charge in [0, 0.05) is 38.7 Å². The van der Waals surface area contributed by atoms with Crippen molar-refractivity contribution in [1.82, 2.24) is 10.2 Å². The minimum Gasteiger partial charge on any atom is -0.378 e. The Morgan fingerprint density at radius 1 is 1.30 bits per heavy atom. The lowest BCUT2D eigenvalue weighted by molar-refractivity contribution is 0.106. The molecule has 0 radical (unpaired) electrons. The van der Waals surface area contributed by atoms with Crippen LogP contribution >= 0.6 is 0 Å². The van der Waals surface area contributed by atoms with E-state index in [1.54, 1.807) is 0 Å². The monoisotopic (exact) mass is 315 g/mol. The lowest BCUT2D eigenvalue weighted by Gasteiger charge is -2.22. The summed E-state index contributed by atoms with van der Waals surface area (Å²) in [6.07, 6.45) is 5.09. The van der Waals surface area contributed by atoms with Crippen LogP contribution < -0.4 is 5.32 Å². The standard InChI is InChI=1S/C19H29N3O/c1-2-20-19(21-12-10-18-9-6-14-23-18)22-13-11-17(15-22)16-7-4-3-5-8-16/h3-5,7-8,17-18H,2,6,9-15H2,1H3,(H,20,21). The summed E-state index contributed by atoms with van der Waals surface area (Å²) in [5, 5.41) is 3.46. The van der Waals surface area contributed by atoms with Gasteiger partial charge in [0.25, 0.3) is 0 Å². The molecular formula is C19H29N3O. The van der Waals surface area contributed by atoms with E-state index in [4.69, 9.17) is 9.73 Å². The molecule has 1 N–H and O–H groups in total. The molecule has 1 aromatic carbocycles. The predicted molar refractivity (Wildman–Crippen MR) is 94.9 cm³/mol. The van der Waals surface area contributed by atoms with Gasteiger partial charge >= 0.3 is 0 Å². The van der Waals surface area contributed by atoms with Crippen LogP contribution in [0, 0.1) is 0 Å². The molecule has 2 aliphatic rings. The van der Waals surface area contributed by atoms with E-state index in [0.29, 0.717) is 12.0 Å². The normalized spacial score (nSPS) is 25.1. The van der Waals surface area contributed by atoms with Crippen LogP contribution in [0.4, 0.5) is 0 Å². The van der Waals surface area contributed by atoms with E-state index in [2.05, 4.69) is 47.5 Å². The summed E-state index contributed by atoms with van der Waals surface area (Å²) in [4.78, 5) is 7.25. The van der Waals surface area contributed by atoms with Crippen molar-refractivity contribution in [3.8, 4) is 0 Å². The molecule has 2 fully saturated rings. The highest BCUT2D eigenvalue weighted by Crippen LogP contribution is 2.27. The number of ether oxygens (including phenoxy) is 1. The second kappa shape index (κ2) is 8.34. The molecule has 0 saturated carbocycles. The van der Waals surface area contributed by atoms with Crippen molar-refractivity contribution in [1.29, 1.82) is 0 Å². The summed E-state index contributed by atoms with van der Waals surface area (Å²) in [7, 11) is 0. The molecule has 0 bridgehead atoms. The zero-order chi connectivity index (χ0) is 15.9. The average Bonchev–Trinajstić information content (AvgIpc) is 3.27. The van der Waals surface area contributed by atoms with E-state index < -0.39 is 0 Å². The summed E-state index contributed by atoms with van der Waals surface area (Å²) in [5.74, 6) is 1.70. The van der Waals surface area contributed by atoms with Gasteiger partial charge in [-0.15, -0.1) is 0 Å². The number of likely N-dealkylation sites (tertiary alicyclic amines) is 1. The molecule has 4 heteroatoms. The molecule has 2 saturated heterocycles. The number of nitrogens with one attached hydrogen (secondary N) is 1. The van der Waals surface area contributed by atoms with Crippen LogP contribution in [-0.2, 0) is 4.74 Å². The van der Waals surface area contributed by atoms with Crippen LogP contribution in [0.25, 0.3) is 0 Å². The maximum Gasteiger partial charge on any atom is 0.193 e. The molecule has 2 unspecified atom stereocenters. The molecule has 0 amide bonds. The zero-order valence-corrected chi connectivity index (χ0v) is 14.2. The Balaban J connectivity index is 1.55. The quantitative estimate of drug-likeness (QED) is 0.670. The third-order valence-electron chi connectivity index (χ3n) is 4.83.